The largest absolute Gasteiger partial charge is 0.492 e. The third-order valence-corrected chi connectivity index (χ3v) is 7.77. The lowest BCUT2D eigenvalue weighted by Gasteiger charge is -2.15. The monoisotopic (exact) mass is 486 g/mol. The van der Waals surface area contributed by atoms with E-state index >= 15 is 0 Å². The number of rotatable bonds is 10. The van der Waals surface area contributed by atoms with E-state index in [1.165, 1.54) is 57.6 Å². The standard InChI is InChI=1S/C30H34N2O2S/c1-22(31)21-34-26-14-10-24(11-15-26)30-28(27-6-2-3-7-29(27)35-30)20-23-8-12-25(13-9-23)33-19-18-32-16-4-5-17-32/h2-3,6-15,22H,4-5,16-21,31H2,1H3. The fourth-order valence-corrected chi connectivity index (χ4v) is 5.87. The number of fused-ring (bicyclic) bond motifs is 1. The molecule has 0 spiro atoms. The minimum absolute atomic E-state index is 0.0192. The summed E-state index contributed by atoms with van der Waals surface area (Å²) < 4.78 is 13.1. The lowest BCUT2D eigenvalue weighted by atomic mass is 9.99. The van der Waals surface area contributed by atoms with Gasteiger partial charge >= 0.3 is 0 Å². The van der Waals surface area contributed by atoms with Gasteiger partial charge in [0, 0.05) is 22.2 Å². The first-order chi connectivity index (χ1) is 17.2. The predicted molar refractivity (Wildman–Crippen MR) is 147 cm³/mol. The maximum atomic E-state index is 6.01. The van der Waals surface area contributed by atoms with Crippen LogP contribution >= 0.6 is 11.3 Å². The molecule has 5 heteroatoms. The van der Waals surface area contributed by atoms with Crippen LogP contribution in [0, 0.1) is 0 Å². The number of hydrogen-bond acceptors (Lipinski definition) is 5. The molecular formula is C30H34N2O2S. The molecule has 1 fully saturated rings. The number of nitrogens with zero attached hydrogens (tertiary/aromatic N) is 1. The van der Waals surface area contributed by atoms with Gasteiger partial charge in [-0.05, 0) is 104 Å². The Morgan fingerprint density at radius 2 is 1.57 bits per heavy atom. The van der Waals surface area contributed by atoms with Crippen LogP contribution in [-0.4, -0.2) is 43.8 Å². The molecule has 0 bridgehead atoms. The van der Waals surface area contributed by atoms with E-state index in [0.29, 0.717) is 6.61 Å². The van der Waals surface area contributed by atoms with Gasteiger partial charge in [-0.3, -0.25) is 4.90 Å². The summed E-state index contributed by atoms with van der Waals surface area (Å²) in [6.07, 6.45) is 3.52. The highest BCUT2D eigenvalue weighted by Crippen LogP contribution is 2.40. The molecule has 2 N–H and O–H groups in total. The van der Waals surface area contributed by atoms with Crippen LogP contribution < -0.4 is 15.2 Å². The smallest absolute Gasteiger partial charge is 0.119 e. The van der Waals surface area contributed by atoms with Crippen LogP contribution in [-0.2, 0) is 6.42 Å². The number of nitrogens with two attached hydrogens (primary N) is 1. The second-order valence-electron chi connectivity index (χ2n) is 9.44. The van der Waals surface area contributed by atoms with Crippen LogP contribution in [0.15, 0.2) is 72.8 Å². The highest BCUT2D eigenvalue weighted by Gasteiger charge is 2.15. The fourth-order valence-electron chi connectivity index (χ4n) is 4.64. The van der Waals surface area contributed by atoms with Gasteiger partial charge in [-0.1, -0.05) is 30.3 Å². The molecule has 1 saturated heterocycles. The maximum Gasteiger partial charge on any atom is 0.119 e. The molecule has 3 aromatic carbocycles. The molecule has 4 aromatic rings. The van der Waals surface area contributed by atoms with Crippen molar-refractivity contribution < 1.29 is 9.47 Å². The Hall–Kier alpha value is -2.86. The average Bonchev–Trinajstić information content (AvgIpc) is 3.52. The Kier molecular flexibility index (Phi) is 7.67. The van der Waals surface area contributed by atoms with Crippen LogP contribution in [0.3, 0.4) is 0 Å². The van der Waals surface area contributed by atoms with Gasteiger partial charge in [0.15, 0.2) is 0 Å². The first-order valence-corrected chi connectivity index (χ1v) is 13.4. The zero-order chi connectivity index (χ0) is 24.0. The minimum atomic E-state index is 0.0192. The number of ether oxygens (including phenoxy) is 2. The topological polar surface area (TPSA) is 47.7 Å². The molecular weight excluding hydrogens is 452 g/mol. The van der Waals surface area contributed by atoms with Crippen molar-refractivity contribution in [2.75, 3.05) is 32.8 Å². The fraction of sp³-hybridized carbons (Fsp3) is 0.333. The molecule has 0 radical (unpaired) electrons. The van der Waals surface area contributed by atoms with E-state index in [0.717, 1.165) is 31.1 Å². The van der Waals surface area contributed by atoms with E-state index in [-0.39, 0.29) is 6.04 Å². The first-order valence-electron chi connectivity index (χ1n) is 12.6. The van der Waals surface area contributed by atoms with Crippen LogP contribution in [0.1, 0.15) is 30.9 Å². The van der Waals surface area contributed by atoms with Gasteiger partial charge in [0.2, 0.25) is 0 Å². The van der Waals surface area contributed by atoms with Crippen molar-refractivity contribution in [3.05, 3.63) is 83.9 Å². The molecule has 1 aliphatic heterocycles. The quantitative estimate of drug-likeness (QED) is 0.283. The summed E-state index contributed by atoms with van der Waals surface area (Å²) >= 11 is 1.86. The van der Waals surface area contributed by atoms with Gasteiger partial charge in [-0.25, -0.2) is 0 Å². The van der Waals surface area contributed by atoms with Crippen molar-refractivity contribution in [3.63, 3.8) is 0 Å². The Morgan fingerprint density at radius 3 is 2.31 bits per heavy atom. The van der Waals surface area contributed by atoms with E-state index in [4.69, 9.17) is 15.2 Å². The second kappa shape index (κ2) is 11.3. The molecule has 35 heavy (non-hydrogen) atoms. The summed E-state index contributed by atoms with van der Waals surface area (Å²) in [6, 6.07) is 25.7. The molecule has 1 unspecified atom stereocenters. The molecule has 5 rings (SSSR count). The highest BCUT2D eigenvalue weighted by molar-refractivity contribution is 7.22. The van der Waals surface area contributed by atoms with E-state index < -0.39 is 0 Å². The third-order valence-electron chi connectivity index (χ3n) is 6.51. The van der Waals surface area contributed by atoms with E-state index in [1.54, 1.807) is 0 Å². The Labute approximate surface area is 212 Å². The van der Waals surface area contributed by atoms with Crippen molar-refractivity contribution in [1.82, 2.24) is 4.90 Å². The summed E-state index contributed by atoms with van der Waals surface area (Å²) in [7, 11) is 0. The summed E-state index contributed by atoms with van der Waals surface area (Å²) in [6.45, 7) is 6.66. The van der Waals surface area contributed by atoms with Crippen LogP contribution in [0.2, 0.25) is 0 Å². The van der Waals surface area contributed by atoms with Gasteiger partial charge < -0.3 is 15.2 Å². The Bertz CT molecular complexity index is 1230. The molecule has 4 nitrogen and oxygen atoms in total. The summed E-state index contributed by atoms with van der Waals surface area (Å²) in [5.41, 5.74) is 9.71. The summed E-state index contributed by atoms with van der Waals surface area (Å²) in [5.74, 6) is 1.81. The van der Waals surface area contributed by atoms with Gasteiger partial charge in [0.1, 0.15) is 24.7 Å². The van der Waals surface area contributed by atoms with E-state index in [2.05, 4.69) is 65.6 Å². The van der Waals surface area contributed by atoms with Crippen LogP contribution in [0.5, 0.6) is 11.5 Å². The summed E-state index contributed by atoms with van der Waals surface area (Å²) in [5, 5.41) is 1.33. The number of likely N-dealkylation sites (tertiary alicyclic amines) is 1. The normalized spacial score (nSPS) is 14.9. The van der Waals surface area contributed by atoms with Gasteiger partial charge in [0.25, 0.3) is 0 Å². The van der Waals surface area contributed by atoms with Crippen LogP contribution in [0.4, 0.5) is 0 Å². The lowest BCUT2D eigenvalue weighted by molar-refractivity contribution is 0.238. The minimum Gasteiger partial charge on any atom is -0.492 e. The maximum absolute atomic E-state index is 6.01. The molecule has 0 amide bonds. The van der Waals surface area contributed by atoms with Gasteiger partial charge in [0.05, 0.1) is 0 Å². The zero-order valence-electron chi connectivity index (χ0n) is 20.4. The molecule has 1 atom stereocenters. The second-order valence-corrected chi connectivity index (χ2v) is 10.5. The number of hydrogen-bond donors (Lipinski definition) is 1. The third kappa shape index (κ3) is 6.04. The Balaban J connectivity index is 1.32. The SMILES string of the molecule is CC(N)COc1ccc(-c2sc3ccccc3c2Cc2ccc(OCCN3CCCC3)cc2)cc1. The first kappa shape index (κ1) is 23.9. The van der Waals surface area contributed by atoms with E-state index in [9.17, 15) is 0 Å². The number of thiophene rings is 1. The van der Waals surface area contributed by atoms with Crippen LogP contribution in [0.25, 0.3) is 20.5 Å². The molecule has 182 valence electrons. The van der Waals surface area contributed by atoms with E-state index in [1.807, 2.05) is 30.4 Å². The molecule has 0 aliphatic carbocycles. The highest BCUT2D eigenvalue weighted by atomic mass is 32.1. The van der Waals surface area contributed by atoms with Crippen molar-refractivity contribution in [2.24, 2.45) is 5.73 Å². The molecule has 1 aromatic heterocycles. The van der Waals surface area contributed by atoms with Crippen molar-refractivity contribution >= 4 is 21.4 Å². The molecule has 2 heterocycles. The van der Waals surface area contributed by atoms with Gasteiger partial charge in [-0.15, -0.1) is 11.3 Å². The van der Waals surface area contributed by atoms with Crippen molar-refractivity contribution in [1.29, 1.82) is 0 Å². The van der Waals surface area contributed by atoms with Crippen molar-refractivity contribution in [2.45, 2.75) is 32.2 Å². The number of benzene rings is 3. The Morgan fingerprint density at radius 1 is 0.886 bits per heavy atom. The molecule has 0 saturated carbocycles. The predicted octanol–water partition coefficient (Wildman–Crippen LogP) is 6.36. The average molecular weight is 487 g/mol. The van der Waals surface area contributed by atoms with Gasteiger partial charge in [-0.2, -0.15) is 0 Å². The summed E-state index contributed by atoms with van der Waals surface area (Å²) in [4.78, 5) is 3.80. The zero-order valence-corrected chi connectivity index (χ0v) is 21.2. The lowest BCUT2D eigenvalue weighted by Crippen LogP contribution is -2.25. The van der Waals surface area contributed by atoms with Crippen molar-refractivity contribution in [3.8, 4) is 21.9 Å². The molecule has 1 aliphatic rings.